The van der Waals surface area contributed by atoms with E-state index in [2.05, 4.69) is 19.7 Å². The third-order valence-corrected chi connectivity index (χ3v) is 6.33. The third-order valence-electron chi connectivity index (χ3n) is 3.39. The molecule has 0 aliphatic rings. The van der Waals surface area contributed by atoms with Crippen LogP contribution in [0, 0.1) is 0 Å². The number of ether oxygens (including phenoxy) is 1. The number of nitrogens with one attached hydrogen (secondary N) is 1. The Morgan fingerprint density at radius 3 is 2.48 bits per heavy atom. The van der Waals surface area contributed by atoms with Crippen molar-refractivity contribution in [3.63, 3.8) is 0 Å². The van der Waals surface area contributed by atoms with Crippen molar-refractivity contribution in [2.24, 2.45) is 0 Å². The standard InChI is InChI=1S/C16H11Cl2N3O4S2/c1-25-15(22)12-8-11(6-7-13(12)18)27(23,24)21-16-20-19-14(26-16)9-2-4-10(17)5-3-9/h2-8H,1H3,(H,20,21). The first kappa shape index (κ1) is 19.6. The number of benzene rings is 2. The number of sulfonamides is 1. The first-order valence-electron chi connectivity index (χ1n) is 7.30. The van der Waals surface area contributed by atoms with E-state index in [1.807, 2.05) is 0 Å². The van der Waals surface area contributed by atoms with Gasteiger partial charge in [0.05, 0.1) is 22.6 Å². The number of methoxy groups -OCH3 is 1. The average Bonchev–Trinajstić information content (AvgIpc) is 3.09. The van der Waals surface area contributed by atoms with E-state index in [0.717, 1.165) is 23.0 Å². The number of carbonyl (C=O) groups is 1. The number of rotatable bonds is 5. The normalized spacial score (nSPS) is 11.2. The minimum Gasteiger partial charge on any atom is -0.465 e. The Morgan fingerprint density at radius 2 is 1.81 bits per heavy atom. The lowest BCUT2D eigenvalue weighted by molar-refractivity contribution is 0.0600. The van der Waals surface area contributed by atoms with E-state index < -0.39 is 16.0 Å². The molecule has 1 aromatic heterocycles. The molecule has 27 heavy (non-hydrogen) atoms. The van der Waals surface area contributed by atoms with Crippen molar-refractivity contribution in [3.05, 3.63) is 58.1 Å². The molecule has 140 valence electrons. The number of esters is 1. The molecule has 7 nitrogen and oxygen atoms in total. The smallest absolute Gasteiger partial charge is 0.339 e. The molecule has 0 bridgehead atoms. The van der Waals surface area contributed by atoms with Gasteiger partial charge in [-0.2, -0.15) is 0 Å². The molecule has 0 fully saturated rings. The highest BCUT2D eigenvalue weighted by molar-refractivity contribution is 7.93. The first-order valence-corrected chi connectivity index (χ1v) is 10.4. The fraction of sp³-hybridized carbons (Fsp3) is 0.0625. The van der Waals surface area contributed by atoms with Gasteiger partial charge in [-0.05, 0) is 30.3 Å². The molecule has 0 saturated carbocycles. The van der Waals surface area contributed by atoms with Gasteiger partial charge >= 0.3 is 5.97 Å². The number of anilines is 1. The second-order valence-electron chi connectivity index (χ2n) is 5.16. The summed E-state index contributed by atoms with van der Waals surface area (Å²) in [6.45, 7) is 0. The molecule has 0 unspecified atom stereocenters. The van der Waals surface area contributed by atoms with Crippen molar-refractivity contribution in [2.75, 3.05) is 11.8 Å². The van der Waals surface area contributed by atoms with Crippen LogP contribution >= 0.6 is 34.5 Å². The highest BCUT2D eigenvalue weighted by Gasteiger charge is 2.21. The van der Waals surface area contributed by atoms with Crippen LogP contribution in [0.15, 0.2) is 47.4 Å². The van der Waals surface area contributed by atoms with Crippen molar-refractivity contribution in [1.82, 2.24) is 10.2 Å². The zero-order valence-electron chi connectivity index (χ0n) is 13.6. The first-order chi connectivity index (χ1) is 12.8. The van der Waals surface area contributed by atoms with Crippen LogP contribution in [0.1, 0.15) is 10.4 Å². The van der Waals surface area contributed by atoms with E-state index in [1.54, 1.807) is 24.3 Å². The maximum atomic E-state index is 12.6. The summed E-state index contributed by atoms with van der Waals surface area (Å²) in [5.41, 5.74) is 0.697. The van der Waals surface area contributed by atoms with Gasteiger partial charge in [0.2, 0.25) is 5.13 Å². The second-order valence-corrected chi connectivity index (χ2v) is 8.66. The van der Waals surface area contributed by atoms with Crippen molar-refractivity contribution in [1.29, 1.82) is 0 Å². The Kier molecular flexibility index (Phi) is 5.66. The van der Waals surface area contributed by atoms with Crippen LogP contribution in [0.3, 0.4) is 0 Å². The number of nitrogens with zero attached hydrogens (tertiary/aromatic N) is 2. The Morgan fingerprint density at radius 1 is 1.11 bits per heavy atom. The molecule has 1 heterocycles. The van der Waals surface area contributed by atoms with Crippen LogP contribution in [-0.4, -0.2) is 31.7 Å². The van der Waals surface area contributed by atoms with Crippen molar-refractivity contribution in [3.8, 4) is 10.6 Å². The van der Waals surface area contributed by atoms with Crippen LogP contribution in [0.4, 0.5) is 5.13 Å². The second kappa shape index (κ2) is 7.81. The van der Waals surface area contributed by atoms with Gasteiger partial charge in [-0.25, -0.2) is 13.2 Å². The molecule has 3 rings (SSSR count). The summed E-state index contributed by atoms with van der Waals surface area (Å²) in [4.78, 5) is 11.5. The molecule has 0 radical (unpaired) electrons. The average molecular weight is 444 g/mol. The van der Waals surface area contributed by atoms with E-state index in [1.165, 1.54) is 19.2 Å². The number of hydrogen-bond donors (Lipinski definition) is 1. The maximum absolute atomic E-state index is 12.6. The van der Waals surface area contributed by atoms with Crippen LogP contribution < -0.4 is 4.72 Å². The van der Waals surface area contributed by atoms with Crippen LogP contribution in [-0.2, 0) is 14.8 Å². The molecular weight excluding hydrogens is 433 g/mol. The Hall–Kier alpha value is -2.20. The van der Waals surface area contributed by atoms with Crippen LogP contribution in [0.2, 0.25) is 10.0 Å². The fourth-order valence-electron chi connectivity index (χ4n) is 2.09. The minimum atomic E-state index is -4.00. The maximum Gasteiger partial charge on any atom is 0.339 e. The molecule has 0 aliphatic heterocycles. The Bertz CT molecular complexity index is 1100. The summed E-state index contributed by atoms with van der Waals surface area (Å²) < 4.78 is 32.1. The summed E-state index contributed by atoms with van der Waals surface area (Å²) in [6.07, 6.45) is 0. The lowest BCUT2D eigenvalue weighted by Crippen LogP contribution is -2.14. The highest BCUT2D eigenvalue weighted by Crippen LogP contribution is 2.29. The summed E-state index contributed by atoms with van der Waals surface area (Å²) in [5.74, 6) is -0.738. The molecule has 11 heteroatoms. The Balaban J connectivity index is 1.87. The SMILES string of the molecule is COC(=O)c1cc(S(=O)(=O)Nc2nnc(-c3ccc(Cl)cc3)s2)ccc1Cl. The summed E-state index contributed by atoms with van der Waals surface area (Å²) >= 11 is 12.8. The summed E-state index contributed by atoms with van der Waals surface area (Å²) in [5, 5.41) is 9.08. The summed E-state index contributed by atoms with van der Waals surface area (Å²) in [7, 11) is -2.82. The number of carbonyl (C=O) groups excluding carboxylic acids is 1. The lowest BCUT2D eigenvalue weighted by atomic mass is 10.2. The number of halogens is 2. The van der Waals surface area contributed by atoms with E-state index >= 15 is 0 Å². The van der Waals surface area contributed by atoms with E-state index in [-0.39, 0.29) is 20.6 Å². The van der Waals surface area contributed by atoms with Gasteiger partial charge in [0.15, 0.2) is 0 Å². The van der Waals surface area contributed by atoms with Gasteiger partial charge in [0.25, 0.3) is 10.0 Å². The molecule has 0 amide bonds. The van der Waals surface area contributed by atoms with E-state index in [0.29, 0.717) is 10.0 Å². The Labute approximate surface area is 169 Å². The monoisotopic (exact) mass is 443 g/mol. The van der Waals surface area contributed by atoms with Gasteiger partial charge in [-0.1, -0.05) is 46.7 Å². The van der Waals surface area contributed by atoms with Crippen molar-refractivity contribution in [2.45, 2.75) is 4.90 Å². The number of hydrogen-bond acceptors (Lipinski definition) is 7. The highest BCUT2D eigenvalue weighted by atomic mass is 35.5. The van der Waals surface area contributed by atoms with Gasteiger partial charge in [0, 0.05) is 10.6 Å². The van der Waals surface area contributed by atoms with Gasteiger partial charge in [-0.15, -0.1) is 10.2 Å². The predicted octanol–water partition coefficient (Wildman–Crippen LogP) is 4.10. The molecule has 0 aliphatic carbocycles. The third kappa shape index (κ3) is 4.38. The van der Waals surface area contributed by atoms with Gasteiger partial charge < -0.3 is 4.74 Å². The van der Waals surface area contributed by atoms with Crippen LogP contribution in [0.5, 0.6) is 0 Å². The quantitative estimate of drug-likeness (QED) is 0.595. The molecule has 0 saturated heterocycles. The van der Waals surface area contributed by atoms with E-state index in [4.69, 9.17) is 23.2 Å². The minimum absolute atomic E-state index is 0.0545. The topological polar surface area (TPSA) is 98.2 Å². The molecule has 0 atom stereocenters. The van der Waals surface area contributed by atoms with Crippen LogP contribution in [0.25, 0.3) is 10.6 Å². The van der Waals surface area contributed by atoms with Gasteiger partial charge in [0.1, 0.15) is 5.01 Å². The zero-order chi connectivity index (χ0) is 19.6. The van der Waals surface area contributed by atoms with Crippen molar-refractivity contribution < 1.29 is 17.9 Å². The molecular formula is C16H11Cl2N3O4S2. The molecule has 1 N–H and O–H groups in total. The molecule has 2 aromatic carbocycles. The molecule has 0 spiro atoms. The number of aromatic nitrogens is 2. The summed E-state index contributed by atoms with van der Waals surface area (Å²) in [6, 6.07) is 10.6. The lowest BCUT2D eigenvalue weighted by Gasteiger charge is -2.07. The zero-order valence-corrected chi connectivity index (χ0v) is 16.8. The fourth-order valence-corrected chi connectivity index (χ4v) is 4.41. The molecule has 3 aromatic rings. The van der Waals surface area contributed by atoms with E-state index in [9.17, 15) is 13.2 Å². The predicted molar refractivity (Wildman–Crippen MR) is 104 cm³/mol. The largest absolute Gasteiger partial charge is 0.465 e. The van der Waals surface area contributed by atoms with Crippen molar-refractivity contribution >= 4 is 55.7 Å². The van der Waals surface area contributed by atoms with Gasteiger partial charge in [-0.3, -0.25) is 4.72 Å².